The van der Waals surface area contributed by atoms with E-state index in [4.69, 9.17) is 16.3 Å². The van der Waals surface area contributed by atoms with Crippen molar-refractivity contribution in [1.29, 1.82) is 0 Å². The van der Waals surface area contributed by atoms with Crippen LogP contribution < -0.4 is 4.90 Å². The van der Waals surface area contributed by atoms with Gasteiger partial charge in [-0.2, -0.15) is 0 Å². The third kappa shape index (κ3) is 4.62. The molecule has 5 rings (SSSR count). The fourth-order valence-corrected chi connectivity index (χ4v) is 5.07. The number of piperidine rings is 1. The number of amides is 1. The minimum atomic E-state index is -1.23. The van der Waals surface area contributed by atoms with E-state index in [2.05, 4.69) is 4.90 Å². The maximum Gasteiger partial charge on any atom is 0.415 e. The quantitative estimate of drug-likeness (QED) is 0.373. The Morgan fingerprint density at radius 1 is 0.943 bits per heavy atom. The summed E-state index contributed by atoms with van der Waals surface area (Å²) in [6, 6.07) is 14.3. The number of para-hydroxylation sites is 1. The third-order valence-electron chi connectivity index (χ3n) is 6.88. The molecule has 2 saturated heterocycles. The fourth-order valence-electron chi connectivity index (χ4n) is 4.88. The summed E-state index contributed by atoms with van der Waals surface area (Å²) in [5.41, 5.74) is 2.16. The lowest BCUT2D eigenvalue weighted by molar-refractivity contribution is -0.000935. The predicted molar refractivity (Wildman–Crippen MR) is 129 cm³/mol. The average Bonchev–Trinajstić information content (AvgIpc) is 3.16. The van der Waals surface area contributed by atoms with E-state index in [9.17, 15) is 18.0 Å². The van der Waals surface area contributed by atoms with Gasteiger partial charge in [-0.3, -0.25) is 9.80 Å². The zero-order valence-electron chi connectivity index (χ0n) is 19.2. The lowest BCUT2D eigenvalue weighted by Gasteiger charge is -2.37. The number of halogens is 4. The van der Waals surface area contributed by atoms with Gasteiger partial charge < -0.3 is 4.74 Å². The smallest absolute Gasteiger partial charge is 0.415 e. The first-order valence-electron chi connectivity index (χ1n) is 11.5. The number of hydrogen-bond donors (Lipinski definition) is 0. The Balaban J connectivity index is 1.34. The number of nitrogens with zero attached hydrogens (tertiary/aromatic N) is 2. The number of ether oxygens (including phenoxy) is 1. The summed E-state index contributed by atoms with van der Waals surface area (Å²) in [4.78, 5) is 16.4. The molecule has 0 saturated carbocycles. The van der Waals surface area contributed by atoms with Crippen molar-refractivity contribution in [3.05, 3.63) is 88.2 Å². The molecule has 0 atom stereocenters. The summed E-state index contributed by atoms with van der Waals surface area (Å²) in [6.07, 6.45) is 0.957. The molecule has 2 fully saturated rings. The molecule has 8 heteroatoms. The predicted octanol–water partition coefficient (Wildman–Crippen LogP) is 6.72. The van der Waals surface area contributed by atoms with Gasteiger partial charge in [-0.1, -0.05) is 29.8 Å². The summed E-state index contributed by atoms with van der Waals surface area (Å²) in [5.74, 6) is -3.16. The monoisotopic (exact) mass is 500 g/mol. The molecule has 0 bridgehead atoms. The van der Waals surface area contributed by atoms with Crippen LogP contribution >= 0.6 is 11.6 Å². The van der Waals surface area contributed by atoms with Gasteiger partial charge in [-0.25, -0.2) is 18.0 Å². The summed E-state index contributed by atoms with van der Waals surface area (Å²) in [6.45, 7) is 4.03. The highest BCUT2D eigenvalue weighted by atomic mass is 35.5. The Hall–Kier alpha value is -3.03. The topological polar surface area (TPSA) is 32.8 Å². The summed E-state index contributed by atoms with van der Waals surface area (Å²) >= 11 is 6.37. The minimum absolute atomic E-state index is 0.00428. The van der Waals surface area contributed by atoms with Gasteiger partial charge in [0.2, 0.25) is 0 Å². The van der Waals surface area contributed by atoms with Crippen molar-refractivity contribution in [3.63, 3.8) is 0 Å². The molecule has 0 aliphatic carbocycles. The van der Waals surface area contributed by atoms with E-state index in [-0.39, 0.29) is 11.7 Å². The maximum absolute atomic E-state index is 14.6. The number of hydrogen-bond acceptors (Lipinski definition) is 3. The second kappa shape index (κ2) is 9.21. The lowest BCUT2D eigenvalue weighted by atomic mass is 9.90. The lowest BCUT2D eigenvalue weighted by Crippen LogP contribution is -2.46. The Labute approximate surface area is 206 Å². The molecule has 3 aromatic rings. The molecular formula is C27H24ClF3N2O2. The molecule has 1 spiro atoms. The Morgan fingerprint density at radius 2 is 1.63 bits per heavy atom. The van der Waals surface area contributed by atoms with Crippen LogP contribution in [0, 0.1) is 24.4 Å². The number of aryl methyl sites for hydroxylation is 1. The molecule has 2 heterocycles. The van der Waals surface area contributed by atoms with Crippen LogP contribution in [0.4, 0.5) is 23.7 Å². The highest BCUT2D eigenvalue weighted by Crippen LogP contribution is 2.37. The van der Waals surface area contributed by atoms with Crippen molar-refractivity contribution in [2.75, 3.05) is 24.5 Å². The molecule has 0 aromatic heterocycles. The van der Waals surface area contributed by atoms with Crippen molar-refractivity contribution in [1.82, 2.24) is 4.90 Å². The SMILES string of the molecule is Cc1cc(-c2cc(F)c(F)cc2F)c(CN2CCC3(CC2)CN(c2ccccc2)C(=O)O3)cc1Cl. The third-order valence-corrected chi connectivity index (χ3v) is 7.29. The van der Waals surface area contributed by atoms with Crippen molar-refractivity contribution in [2.24, 2.45) is 0 Å². The molecule has 2 aliphatic rings. The van der Waals surface area contributed by atoms with E-state index in [0.717, 1.165) is 17.3 Å². The van der Waals surface area contributed by atoms with E-state index < -0.39 is 23.1 Å². The van der Waals surface area contributed by atoms with Gasteiger partial charge in [-0.15, -0.1) is 0 Å². The molecular weight excluding hydrogens is 477 g/mol. The van der Waals surface area contributed by atoms with Gasteiger partial charge in [0.05, 0.1) is 6.54 Å². The van der Waals surface area contributed by atoms with Crippen LogP contribution in [-0.2, 0) is 11.3 Å². The fraction of sp³-hybridized carbons (Fsp3) is 0.296. The van der Waals surface area contributed by atoms with Gasteiger partial charge >= 0.3 is 6.09 Å². The van der Waals surface area contributed by atoms with E-state index in [1.165, 1.54) is 0 Å². The largest absolute Gasteiger partial charge is 0.441 e. The van der Waals surface area contributed by atoms with Crippen LogP contribution in [0.2, 0.25) is 5.02 Å². The molecule has 4 nitrogen and oxygen atoms in total. The zero-order valence-corrected chi connectivity index (χ0v) is 19.9. The van der Waals surface area contributed by atoms with Crippen molar-refractivity contribution in [2.45, 2.75) is 31.9 Å². The number of benzene rings is 3. The number of carbonyl (C=O) groups is 1. The molecule has 182 valence electrons. The van der Waals surface area contributed by atoms with Crippen molar-refractivity contribution >= 4 is 23.4 Å². The Kier molecular flexibility index (Phi) is 6.23. The highest BCUT2D eigenvalue weighted by Gasteiger charge is 2.47. The van der Waals surface area contributed by atoms with Crippen molar-refractivity contribution < 1.29 is 22.7 Å². The summed E-state index contributed by atoms with van der Waals surface area (Å²) < 4.78 is 47.9. The standard InChI is InChI=1S/C27H24ClF3N2O2/c1-17-11-20(21-13-24(30)25(31)14-23(21)29)18(12-22(17)28)15-32-9-7-27(8-10-32)16-33(26(34)35-27)19-5-3-2-4-6-19/h2-6,11-14H,7-10,15-16H2,1H3. The Morgan fingerprint density at radius 3 is 2.34 bits per heavy atom. The van der Waals surface area contributed by atoms with Crippen LogP contribution in [0.5, 0.6) is 0 Å². The first-order valence-corrected chi connectivity index (χ1v) is 11.8. The van der Waals surface area contributed by atoms with E-state index in [1.54, 1.807) is 24.0 Å². The first kappa shape index (κ1) is 23.7. The molecule has 3 aromatic carbocycles. The van der Waals surface area contributed by atoms with E-state index in [0.29, 0.717) is 61.2 Å². The number of carbonyl (C=O) groups excluding carboxylic acids is 1. The normalized spacial score (nSPS) is 17.7. The van der Waals surface area contributed by atoms with Crippen LogP contribution in [0.25, 0.3) is 11.1 Å². The molecule has 0 unspecified atom stereocenters. The molecule has 35 heavy (non-hydrogen) atoms. The van der Waals surface area contributed by atoms with Crippen molar-refractivity contribution in [3.8, 4) is 11.1 Å². The summed E-state index contributed by atoms with van der Waals surface area (Å²) in [5, 5.41) is 0.517. The van der Waals surface area contributed by atoms with E-state index in [1.807, 2.05) is 30.3 Å². The molecule has 1 amide bonds. The second-order valence-electron chi connectivity index (χ2n) is 9.25. The van der Waals surface area contributed by atoms with Crippen LogP contribution in [0.15, 0.2) is 54.6 Å². The van der Waals surface area contributed by atoms with Gasteiger partial charge in [0, 0.05) is 54.8 Å². The van der Waals surface area contributed by atoms with Gasteiger partial charge in [0.15, 0.2) is 11.6 Å². The minimum Gasteiger partial charge on any atom is -0.441 e. The van der Waals surface area contributed by atoms with Crippen LogP contribution in [-0.4, -0.2) is 36.2 Å². The van der Waals surface area contributed by atoms with Crippen LogP contribution in [0.1, 0.15) is 24.0 Å². The molecule has 0 N–H and O–H groups in total. The Bertz CT molecular complexity index is 1280. The second-order valence-corrected chi connectivity index (χ2v) is 9.66. The average molecular weight is 501 g/mol. The van der Waals surface area contributed by atoms with Gasteiger partial charge in [0.25, 0.3) is 0 Å². The molecule has 2 aliphatic heterocycles. The van der Waals surface area contributed by atoms with E-state index >= 15 is 0 Å². The molecule has 0 radical (unpaired) electrons. The first-order chi connectivity index (χ1) is 16.7. The summed E-state index contributed by atoms with van der Waals surface area (Å²) in [7, 11) is 0. The number of likely N-dealkylation sites (tertiary alicyclic amines) is 1. The maximum atomic E-state index is 14.6. The number of anilines is 1. The van der Waals surface area contributed by atoms with Gasteiger partial charge in [0.1, 0.15) is 11.4 Å². The zero-order chi connectivity index (χ0) is 24.7. The number of rotatable bonds is 4. The highest BCUT2D eigenvalue weighted by molar-refractivity contribution is 6.31. The van der Waals surface area contributed by atoms with Gasteiger partial charge in [-0.05, 0) is 53.9 Å². The van der Waals surface area contributed by atoms with Crippen LogP contribution in [0.3, 0.4) is 0 Å².